The van der Waals surface area contributed by atoms with Gasteiger partial charge in [-0.1, -0.05) is 0 Å². The van der Waals surface area contributed by atoms with E-state index in [2.05, 4.69) is 0 Å². The second kappa shape index (κ2) is 5.88. The van der Waals surface area contributed by atoms with Crippen molar-refractivity contribution in [2.75, 3.05) is 26.4 Å². The van der Waals surface area contributed by atoms with E-state index in [4.69, 9.17) is 18.9 Å². The van der Waals surface area contributed by atoms with Crippen molar-refractivity contribution < 1.29 is 28.5 Å². The maximum Gasteiger partial charge on any atom is 0.302 e. The Bertz CT molecular complexity index is 347. The topological polar surface area (TPSA) is 71.1 Å². The van der Waals surface area contributed by atoms with Crippen LogP contribution in [-0.4, -0.2) is 44.2 Å². The van der Waals surface area contributed by atoms with Crippen LogP contribution in [0.15, 0.2) is 0 Å². The summed E-state index contributed by atoms with van der Waals surface area (Å²) in [5.74, 6) is -1.29. The molecule has 19 heavy (non-hydrogen) atoms. The standard InChI is InChI=1S/C13H20O6/c1-9(14)16-7-11-3-4-13(18-5-6-19-13)12(11)8-17-10(2)15/h11-12H,3-8H2,1-2H3/t11-,12-/m0/s1. The lowest BCUT2D eigenvalue weighted by Gasteiger charge is -2.31. The van der Waals surface area contributed by atoms with Crippen LogP contribution in [0.5, 0.6) is 0 Å². The zero-order valence-electron chi connectivity index (χ0n) is 11.3. The summed E-state index contributed by atoms with van der Waals surface area (Å²) in [5.41, 5.74) is 0. The van der Waals surface area contributed by atoms with Gasteiger partial charge in [-0.25, -0.2) is 0 Å². The first-order chi connectivity index (χ1) is 9.03. The largest absolute Gasteiger partial charge is 0.466 e. The summed E-state index contributed by atoms with van der Waals surface area (Å²) in [6.45, 7) is 4.41. The van der Waals surface area contributed by atoms with Gasteiger partial charge in [-0.15, -0.1) is 0 Å². The first kappa shape index (κ1) is 14.3. The molecule has 1 saturated heterocycles. The third-order valence-electron chi connectivity index (χ3n) is 3.74. The smallest absolute Gasteiger partial charge is 0.302 e. The Balaban J connectivity index is 2.01. The van der Waals surface area contributed by atoms with Gasteiger partial charge in [-0.3, -0.25) is 9.59 Å². The molecule has 1 heterocycles. The summed E-state index contributed by atoms with van der Waals surface area (Å²) < 4.78 is 21.6. The van der Waals surface area contributed by atoms with E-state index in [1.54, 1.807) is 0 Å². The average molecular weight is 272 g/mol. The van der Waals surface area contributed by atoms with Crippen molar-refractivity contribution in [1.82, 2.24) is 0 Å². The Kier molecular flexibility index (Phi) is 4.42. The first-order valence-electron chi connectivity index (χ1n) is 6.58. The number of hydrogen-bond donors (Lipinski definition) is 0. The minimum atomic E-state index is -0.666. The molecule has 2 rings (SSSR count). The highest BCUT2D eigenvalue weighted by molar-refractivity contribution is 5.66. The van der Waals surface area contributed by atoms with E-state index in [9.17, 15) is 9.59 Å². The number of rotatable bonds is 4. The van der Waals surface area contributed by atoms with Crippen LogP contribution in [0.1, 0.15) is 26.7 Å². The summed E-state index contributed by atoms with van der Waals surface area (Å²) in [6.07, 6.45) is 1.57. The van der Waals surface area contributed by atoms with Crippen molar-refractivity contribution in [3.05, 3.63) is 0 Å². The Morgan fingerprint density at radius 3 is 2.26 bits per heavy atom. The Hall–Kier alpha value is -1.14. The van der Waals surface area contributed by atoms with Gasteiger partial charge >= 0.3 is 11.9 Å². The van der Waals surface area contributed by atoms with Crippen molar-refractivity contribution in [2.24, 2.45) is 11.8 Å². The molecule has 1 saturated carbocycles. The summed E-state index contributed by atoms with van der Waals surface area (Å²) in [5, 5.41) is 0. The van der Waals surface area contributed by atoms with Gasteiger partial charge in [0.15, 0.2) is 5.79 Å². The van der Waals surface area contributed by atoms with Gasteiger partial charge in [0.25, 0.3) is 0 Å². The molecule has 1 aliphatic carbocycles. The normalized spacial score (nSPS) is 28.5. The van der Waals surface area contributed by atoms with Crippen LogP contribution >= 0.6 is 0 Å². The van der Waals surface area contributed by atoms with Gasteiger partial charge in [-0.2, -0.15) is 0 Å². The average Bonchev–Trinajstić information content (AvgIpc) is 2.93. The maximum absolute atomic E-state index is 11.0. The molecule has 2 aliphatic rings. The fourth-order valence-corrected chi connectivity index (χ4v) is 2.86. The molecule has 108 valence electrons. The SMILES string of the molecule is CC(=O)OC[C@@H]1CCC2(OCCO2)[C@H]1COC(C)=O. The van der Waals surface area contributed by atoms with E-state index >= 15 is 0 Å². The van der Waals surface area contributed by atoms with Gasteiger partial charge < -0.3 is 18.9 Å². The molecule has 0 bridgehead atoms. The minimum absolute atomic E-state index is 0.0850. The number of hydrogen-bond acceptors (Lipinski definition) is 6. The molecule has 2 atom stereocenters. The predicted octanol–water partition coefficient (Wildman–Crippen LogP) is 0.882. The van der Waals surface area contributed by atoms with Crippen LogP contribution in [0, 0.1) is 11.8 Å². The third-order valence-corrected chi connectivity index (χ3v) is 3.74. The number of ether oxygens (including phenoxy) is 4. The van der Waals surface area contributed by atoms with Gasteiger partial charge in [0, 0.05) is 26.2 Å². The first-order valence-corrected chi connectivity index (χ1v) is 6.58. The van der Waals surface area contributed by atoms with Crippen molar-refractivity contribution in [2.45, 2.75) is 32.5 Å². The minimum Gasteiger partial charge on any atom is -0.466 e. The summed E-state index contributed by atoms with van der Waals surface area (Å²) in [4.78, 5) is 21.9. The zero-order chi connectivity index (χ0) is 13.9. The molecule has 0 radical (unpaired) electrons. The van der Waals surface area contributed by atoms with E-state index in [1.807, 2.05) is 0 Å². The quantitative estimate of drug-likeness (QED) is 0.708. The van der Waals surface area contributed by atoms with Crippen molar-refractivity contribution in [3.63, 3.8) is 0 Å². The molecule has 0 amide bonds. The van der Waals surface area contributed by atoms with Gasteiger partial charge in [0.2, 0.25) is 0 Å². The predicted molar refractivity (Wildman–Crippen MR) is 64.1 cm³/mol. The highest BCUT2D eigenvalue weighted by atomic mass is 16.7. The molecule has 2 fully saturated rings. The van der Waals surface area contributed by atoms with Gasteiger partial charge in [0.05, 0.1) is 32.3 Å². The Morgan fingerprint density at radius 1 is 1.11 bits per heavy atom. The molecule has 6 nitrogen and oxygen atoms in total. The molecule has 1 spiro atoms. The van der Waals surface area contributed by atoms with Crippen LogP contribution < -0.4 is 0 Å². The molecule has 0 aromatic carbocycles. The van der Waals surface area contributed by atoms with E-state index in [1.165, 1.54) is 13.8 Å². The molecule has 1 aliphatic heterocycles. The maximum atomic E-state index is 11.0. The number of esters is 2. The van der Waals surface area contributed by atoms with Crippen LogP contribution in [0.4, 0.5) is 0 Å². The second-order valence-corrected chi connectivity index (χ2v) is 5.02. The van der Waals surface area contributed by atoms with Crippen LogP contribution in [-0.2, 0) is 28.5 Å². The molecular weight excluding hydrogens is 252 g/mol. The highest BCUT2D eigenvalue weighted by Crippen LogP contribution is 2.46. The van der Waals surface area contributed by atoms with E-state index in [0.29, 0.717) is 19.8 Å². The Morgan fingerprint density at radius 2 is 1.68 bits per heavy atom. The van der Waals surface area contributed by atoms with Crippen LogP contribution in [0.2, 0.25) is 0 Å². The fraction of sp³-hybridized carbons (Fsp3) is 0.846. The molecule has 0 aromatic rings. The molecular formula is C13H20O6. The summed E-state index contributed by atoms with van der Waals surface area (Å²) in [6, 6.07) is 0. The lowest BCUT2D eigenvalue weighted by Crippen LogP contribution is -2.40. The Labute approximate surface area is 112 Å². The fourth-order valence-electron chi connectivity index (χ4n) is 2.86. The van der Waals surface area contributed by atoms with Crippen molar-refractivity contribution >= 4 is 11.9 Å². The number of carbonyl (C=O) groups excluding carboxylic acids is 2. The van der Waals surface area contributed by atoms with Crippen molar-refractivity contribution in [1.29, 1.82) is 0 Å². The molecule has 0 aromatic heterocycles. The molecule has 0 N–H and O–H groups in total. The van der Waals surface area contributed by atoms with E-state index in [-0.39, 0.29) is 30.4 Å². The summed E-state index contributed by atoms with van der Waals surface area (Å²) in [7, 11) is 0. The van der Waals surface area contributed by atoms with Crippen molar-refractivity contribution in [3.8, 4) is 0 Å². The number of carbonyl (C=O) groups is 2. The third kappa shape index (κ3) is 3.25. The second-order valence-electron chi connectivity index (χ2n) is 5.02. The van der Waals surface area contributed by atoms with Gasteiger partial charge in [0.1, 0.15) is 0 Å². The molecule has 0 unspecified atom stereocenters. The molecule has 6 heteroatoms. The summed E-state index contributed by atoms with van der Waals surface area (Å²) >= 11 is 0. The van der Waals surface area contributed by atoms with E-state index in [0.717, 1.165) is 12.8 Å². The van der Waals surface area contributed by atoms with Crippen LogP contribution in [0.25, 0.3) is 0 Å². The van der Waals surface area contributed by atoms with Crippen LogP contribution in [0.3, 0.4) is 0 Å². The lowest BCUT2D eigenvalue weighted by molar-refractivity contribution is -0.200. The highest BCUT2D eigenvalue weighted by Gasteiger charge is 2.53. The zero-order valence-corrected chi connectivity index (χ0v) is 11.3. The van der Waals surface area contributed by atoms with Gasteiger partial charge in [-0.05, 0) is 6.42 Å². The lowest BCUT2D eigenvalue weighted by atomic mass is 9.94. The monoisotopic (exact) mass is 272 g/mol. The van der Waals surface area contributed by atoms with E-state index < -0.39 is 5.79 Å².